The Morgan fingerprint density at radius 1 is 1.32 bits per heavy atom. The van der Waals surface area contributed by atoms with E-state index in [-0.39, 0.29) is 5.91 Å². The molecule has 0 radical (unpaired) electrons. The minimum Gasteiger partial charge on any atom is -0.358 e. The Bertz CT molecular complexity index is 793. The van der Waals surface area contributed by atoms with Crippen LogP contribution in [0.3, 0.4) is 0 Å². The summed E-state index contributed by atoms with van der Waals surface area (Å²) >= 11 is 0. The minimum atomic E-state index is -0.871. The van der Waals surface area contributed by atoms with Gasteiger partial charge in [-0.2, -0.15) is 5.10 Å². The van der Waals surface area contributed by atoms with Gasteiger partial charge in [0, 0.05) is 22.2 Å². The van der Waals surface area contributed by atoms with Gasteiger partial charge in [0.25, 0.3) is 5.91 Å². The highest BCUT2D eigenvalue weighted by Gasteiger charge is 2.46. The van der Waals surface area contributed by atoms with Crippen molar-refractivity contribution in [2.24, 2.45) is 5.10 Å². The first-order valence-electron chi connectivity index (χ1n) is 7.24. The highest BCUT2D eigenvalue weighted by atomic mass is 16.2. The maximum absolute atomic E-state index is 12.3. The zero-order chi connectivity index (χ0) is 15.9. The Morgan fingerprint density at radius 3 is 2.73 bits per heavy atom. The number of aryl methyl sites for hydroxylation is 1. The summed E-state index contributed by atoms with van der Waals surface area (Å²) in [5, 5.41) is 8.70. The summed E-state index contributed by atoms with van der Waals surface area (Å²) in [6.45, 7) is 5.50. The van der Waals surface area contributed by atoms with Gasteiger partial charge in [-0.3, -0.25) is 4.79 Å². The van der Waals surface area contributed by atoms with Crippen molar-refractivity contribution in [3.05, 3.63) is 35.5 Å². The van der Waals surface area contributed by atoms with E-state index < -0.39 is 11.6 Å². The van der Waals surface area contributed by atoms with Crippen LogP contribution in [0.5, 0.6) is 0 Å². The number of imide groups is 1. The third-order valence-corrected chi connectivity index (χ3v) is 4.19. The fourth-order valence-electron chi connectivity index (χ4n) is 2.59. The second-order valence-corrected chi connectivity index (χ2v) is 5.69. The first-order chi connectivity index (χ1) is 10.5. The number of urea groups is 1. The van der Waals surface area contributed by atoms with Gasteiger partial charge < -0.3 is 10.3 Å². The van der Waals surface area contributed by atoms with Gasteiger partial charge in [0.1, 0.15) is 5.54 Å². The fraction of sp³-hybridized carbons (Fsp3) is 0.312. The highest BCUT2D eigenvalue weighted by Crippen LogP contribution is 2.23. The lowest BCUT2D eigenvalue weighted by molar-refractivity contribution is -0.130. The van der Waals surface area contributed by atoms with Crippen LogP contribution in [0.25, 0.3) is 10.9 Å². The summed E-state index contributed by atoms with van der Waals surface area (Å²) in [5.41, 5.74) is 1.94. The minimum absolute atomic E-state index is 0.325. The smallest absolute Gasteiger partial charge is 0.346 e. The molecule has 0 saturated carbocycles. The van der Waals surface area contributed by atoms with Crippen LogP contribution in [-0.2, 0) is 4.79 Å². The molecule has 6 heteroatoms. The summed E-state index contributed by atoms with van der Waals surface area (Å²) in [4.78, 5) is 27.5. The number of hydrogen-bond donors (Lipinski definition) is 2. The van der Waals surface area contributed by atoms with Crippen molar-refractivity contribution in [2.75, 3.05) is 0 Å². The number of fused-ring (bicyclic) bond motifs is 1. The first kappa shape index (κ1) is 14.3. The Kier molecular flexibility index (Phi) is 3.24. The predicted molar refractivity (Wildman–Crippen MR) is 84.7 cm³/mol. The van der Waals surface area contributed by atoms with Crippen molar-refractivity contribution in [1.82, 2.24) is 15.3 Å². The zero-order valence-corrected chi connectivity index (χ0v) is 12.8. The van der Waals surface area contributed by atoms with Gasteiger partial charge in [0.05, 0.1) is 6.21 Å². The van der Waals surface area contributed by atoms with Crippen LogP contribution >= 0.6 is 0 Å². The molecule has 6 nitrogen and oxygen atoms in total. The lowest BCUT2D eigenvalue weighted by Gasteiger charge is -2.17. The number of para-hydroxylation sites is 1. The molecule has 1 atom stereocenters. The number of H-pyrrole nitrogens is 1. The van der Waals surface area contributed by atoms with Gasteiger partial charge in [-0.25, -0.2) is 4.79 Å². The summed E-state index contributed by atoms with van der Waals surface area (Å²) < 4.78 is 0. The van der Waals surface area contributed by atoms with Gasteiger partial charge >= 0.3 is 6.03 Å². The molecule has 3 rings (SSSR count). The topological polar surface area (TPSA) is 77.6 Å². The average molecular weight is 298 g/mol. The van der Waals surface area contributed by atoms with Crippen molar-refractivity contribution in [3.8, 4) is 0 Å². The zero-order valence-electron chi connectivity index (χ0n) is 12.8. The van der Waals surface area contributed by atoms with Gasteiger partial charge in [-0.15, -0.1) is 5.01 Å². The van der Waals surface area contributed by atoms with Crippen molar-refractivity contribution in [1.29, 1.82) is 0 Å². The van der Waals surface area contributed by atoms with Crippen LogP contribution in [0, 0.1) is 6.92 Å². The monoisotopic (exact) mass is 298 g/mol. The van der Waals surface area contributed by atoms with E-state index in [2.05, 4.69) is 15.4 Å². The van der Waals surface area contributed by atoms with Crippen LogP contribution in [0.4, 0.5) is 4.79 Å². The fourth-order valence-corrected chi connectivity index (χ4v) is 2.59. The molecule has 2 aromatic rings. The number of aromatic nitrogens is 1. The summed E-state index contributed by atoms with van der Waals surface area (Å²) in [6.07, 6.45) is 2.09. The summed E-state index contributed by atoms with van der Waals surface area (Å²) in [5.74, 6) is -0.325. The molecule has 2 heterocycles. The number of amides is 3. The molecule has 0 bridgehead atoms. The summed E-state index contributed by atoms with van der Waals surface area (Å²) in [6, 6.07) is 7.35. The SMILES string of the molecule is CC[C@]1(C)NC(=O)N(/N=C/c2c(C)[nH]c3ccccc23)C1=O. The van der Waals surface area contributed by atoms with E-state index in [4.69, 9.17) is 0 Å². The Labute approximate surface area is 128 Å². The van der Waals surface area contributed by atoms with E-state index in [1.807, 2.05) is 38.1 Å². The van der Waals surface area contributed by atoms with Crippen molar-refractivity contribution < 1.29 is 9.59 Å². The number of carbonyl (C=O) groups excluding carboxylic acids is 2. The molecule has 2 N–H and O–H groups in total. The Hall–Kier alpha value is -2.63. The standard InChI is InChI=1S/C16H18N4O2/c1-4-16(3)14(21)20(15(22)19-16)17-9-12-10(2)18-13-8-6-5-7-11(12)13/h5-9,18H,4H2,1-3H3,(H,19,22)/b17-9+/t16-/m0/s1. The number of aromatic amines is 1. The van der Waals surface area contributed by atoms with Gasteiger partial charge in [-0.05, 0) is 26.3 Å². The number of nitrogens with zero attached hydrogens (tertiary/aromatic N) is 2. The second kappa shape index (κ2) is 4.98. The quantitative estimate of drug-likeness (QED) is 0.674. The molecule has 0 aliphatic carbocycles. The Balaban J connectivity index is 1.95. The maximum atomic E-state index is 12.3. The molecule has 22 heavy (non-hydrogen) atoms. The van der Waals surface area contributed by atoms with Crippen LogP contribution < -0.4 is 5.32 Å². The van der Waals surface area contributed by atoms with Crippen molar-refractivity contribution in [2.45, 2.75) is 32.7 Å². The number of benzene rings is 1. The number of hydrazone groups is 1. The van der Waals surface area contributed by atoms with Crippen LogP contribution in [0.15, 0.2) is 29.4 Å². The van der Waals surface area contributed by atoms with Crippen molar-refractivity contribution >= 4 is 29.1 Å². The van der Waals surface area contributed by atoms with E-state index >= 15 is 0 Å². The molecule has 3 amide bonds. The number of hydrogen-bond acceptors (Lipinski definition) is 3. The van der Waals surface area contributed by atoms with Crippen LogP contribution in [-0.4, -0.2) is 33.7 Å². The van der Waals surface area contributed by atoms with E-state index in [0.717, 1.165) is 27.2 Å². The number of nitrogens with one attached hydrogen (secondary N) is 2. The molecular formula is C16H18N4O2. The van der Waals surface area contributed by atoms with Crippen LogP contribution in [0.1, 0.15) is 31.5 Å². The molecule has 0 spiro atoms. The highest BCUT2D eigenvalue weighted by molar-refractivity contribution is 6.08. The van der Waals surface area contributed by atoms with Crippen LogP contribution in [0.2, 0.25) is 0 Å². The normalized spacial score (nSPS) is 22.0. The van der Waals surface area contributed by atoms with Gasteiger partial charge in [-0.1, -0.05) is 25.1 Å². The molecular weight excluding hydrogens is 280 g/mol. The van der Waals surface area contributed by atoms with Crippen molar-refractivity contribution in [3.63, 3.8) is 0 Å². The molecule has 114 valence electrons. The molecule has 1 aliphatic rings. The van der Waals surface area contributed by atoms with E-state index in [1.54, 1.807) is 13.1 Å². The lowest BCUT2D eigenvalue weighted by atomic mass is 10.00. The molecule has 1 aromatic heterocycles. The second-order valence-electron chi connectivity index (χ2n) is 5.69. The first-order valence-corrected chi connectivity index (χ1v) is 7.24. The van der Waals surface area contributed by atoms with Gasteiger partial charge in [0.2, 0.25) is 0 Å². The number of carbonyl (C=O) groups is 2. The third kappa shape index (κ3) is 2.07. The molecule has 1 saturated heterocycles. The Morgan fingerprint density at radius 2 is 2.05 bits per heavy atom. The van der Waals surface area contributed by atoms with Gasteiger partial charge in [0.15, 0.2) is 0 Å². The maximum Gasteiger partial charge on any atom is 0.346 e. The average Bonchev–Trinajstić information content (AvgIpc) is 2.93. The molecule has 1 fully saturated rings. The summed E-state index contributed by atoms with van der Waals surface area (Å²) in [7, 11) is 0. The predicted octanol–water partition coefficient (Wildman–Crippen LogP) is 2.53. The molecule has 0 unspecified atom stereocenters. The van der Waals surface area contributed by atoms with E-state index in [1.165, 1.54) is 0 Å². The number of rotatable bonds is 3. The largest absolute Gasteiger partial charge is 0.358 e. The molecule has 1 aliphatic heterocycles. The molecule has 1 aromatic carbocycles. The van der Waals surface area contributed by atoms with E-state index in [0.29, 0.717) is 6.42 Å². The lowest BCUT2D eigenvalue weighted by Crippen LogP contribution is -2.42. The van der Waals surface area contributed by atoms with E-state index in [9.17, 15) is 9.59 Å². The third-order valence-electron chi connectivity index (χ3n) is 4.19.